The molecule has 1 heterocycles. The number of nitrogens with one attached hydrogen (secondary N) is 1. The maximum atomic E-state index is 13.8. The molecule has 0 spiro atoms. The van der Waals surface area contributed by atoms with Crippen molar-refractivity contribution in [1.82, 2.24) is 10.3 Å². The third kappa shape index (κ3) is 4.50. The van der Waals surface area contributed by atoms with Crippen LogP contribution in [0.2, 0.25) is 5.02 Å². The fourth-order valence-corrected chi connectivity index (χ4v) is 2.20. The lowest BCUT2D eigenvalue weighted by Gasteiger charge is -2.09. The van der Waals surface area contributed by atoms with Crippen molar-refractivity contribution < 1.29 is 19.1 Å². The Labute approximate surface area is 137 Å². The lowest BCUT2D eigenvalue weighted by molar-refractivity contribution is -0.136. The molecule has 1 aromatic heterocycles. The van der Waals surface area contributed by atoms with Crippen molar-refractivity contribution in [2.75, 3.05) is 6.54 Å². The number of halogens is 2. The summed E-state index contributed by atoms with van der Waals surface area (Å²) in [6, 6.07) is 7.15. The number of rotatable bonds is 5. The van der Waals surface area contributed by atoms with Gasteiger partial charge in [0, 0.05) is 23.4 Å². The first-order valence-electron chi connectivity index (χ1n) is 6.81. The van der Waals surface area contributed by atoms with Gasteiger partial charge in [-0.3, -0.25) is 14.6 Å². The standard InChI is InChI=1S/C16H14ClFN2O3/c1-9-2-3-13(17)15(20-9)10-6-11(8-12(18)7-10)16(23)19-5-4-14(21)22/h2-3,6-8H,4-5H2,1H3,(H,19,23)(H,21,22). The largest absolute Gasteiger partial charge is 0.481 e. The molecule has 1 aromatic carbocycles. The maximum absolute atomic E-state index is 13.8. The van der Waals surface area contributed by atoms with Gasteiger partial charge in [0.15, 0.2) is 0 Å². The number of carbonyl (C=O) groups is 2. The van der Waals surface area contributed by atoms with E-state index in [1.54, 1.807) is 19.1 Å². The normalized spacial score (nSPS) is 10.4. The summed E-state index contributed by atoms with van der Waals surface area (Å²) in [6.07, 6.45) is -0.209. The van der Waals surface area contributed by atoms with Gasteiger partial charge < -0.3 is 10.4 Å². The third-order valence-electron chi connectivity index (χ3n) is 3.04. The van der Waals surface area contributed by atoms with Crippen LogP contribution in [0.4, 0.5) is 4.39 Å². The highest BCUT2D eigenvalue weighted by atomic mass is 35.5. The van der Waals surface area contributed by atoms with E-state index >= 15 is 0 Å². The molecule has 0 fully saturated rings. The van der Waals surface area contributed by atoms with Gasteiger partial charge in [-0.15, -0.1) is 0 Å². The van der Waals surface area contributed by atoms with Crippen LogP contribution in [0, 0.1) is 12.7 Å². The Morgan fingerprint density at radius 3 is 2.74 bits per heavy atom. The van der Waals surface area contributed by atoms with E-state index in [0.29, 0.717) is 22.0 Å². The van der Waals surface area contributed by atoms with E-state index in [2.05, 4.69) is 10.3 Å². The van der Waals surface area contributed by atoms with Gasteiger partial charge in [0.05, 0.1) is 17.1 Å². The average Bonchev–Trinajstić information content (AvgIpc) is 2.48. The molecule has 7 heteroatoms. The molecule has 5 nitrogen and oxygen atoms in total. The molecule has 0 bridgehead atoms. The van der Waals surface area contributed by atoms with Crippen LogP contribution in [0.25, 0.3) is 11.3 Å². The number of aromatic nitrogens is 1. The van der Waals surface area contributed by atoms with E-state index < -0.39 is 17.7 Å². The van der Waals surface area contributed by atoms with E-state index in [9.17, 15) is 14.0 Å². The molecular formula is C16H14ClFN2O3. The van der Waals surface area contributed by atoms with Gasteiger partial charge in [0.25, 0.3) is 5.91 Å². The second-order valence-electron chi connectivity index (χ2n) is 4.91. The number of carboxylic acid groups (broad SMARTS) is 1. The van der Waals surface area contributed by atoms with E-state index in [1.807, 2.05) is 0 Å². The molecule has 0 atom stereocenters. The van der Waals surface area contributed by atoms with Gasteiger partial charge >= 0.3 is 5.97 Å². The predicted molar refractivity (Wildman–Crippen MR) is 84.0 cm³/mol. The van der Waals surface area contributed by atoms with E-state index in [-0.39, 0.29) is 18.5 Å². The molecule has 0 aliphatic rings. The second-order valence-corrected chi connectivity index (χ2v) is 5.32. The molecule has 2 aromatic rings. The molecule has 0 aliphatic heterocycles. The summed E-state index contributed by atoms with van der Waals surface area (Å²) in [5.74, 6) is -2.19. The highest BCUT2D eigenvalue weighted by Gasteiger charge is 2.13. The molecule has 0 unspecified atom stereocenters. The minimum atomic E-state index is -1.03. The van der Waals surface area contributed by atoms with Gasteiger partial charge in [-0.2, -0.15) is 0 Å². The van der Waals surface area contributed by atoms with Crippen molar-refractivity contribution in [3.05, 3.63) is 52.4 Å². The molecular weight excluding hydrogens is 323 g/mol. The summed E-state index contributed by atoms with van der Waals surface area (Å²) < 4.78 is 13.8. The summed E-state index contributed by atoms with van der Waals surface area (Å²) in [5.41, 5.74) is 1.54. The van der Waals surface area contributed by atoms with Crippen LogP contribution in [0.1, 0.15) is 22.5 Å². The van der Waals surface area contributed by atoms with Gasteiger partial charge in [-0.25, -0.2) is 4.39 Å². The SMILES string of the molecule is Cc1ccc(Cl)c(-c2cc(F)cc(C(=O)NCCC(=O)O)c2)n1. The molecule has 0 saturated carbocycles. The molecule has 0 radical (unpaired) electrons. The van der Waals surface area contributed by atoms with Gasteiger partial charge in [0.1, 0.15) is 5.82 Å². The minimum absolute atomic E-state index is 0.0382. The number of amides is 1. The average molecular weight is 337 g/mol. The van der Waals surface area contributed by atoms with Crippen LogP contribution in [-0.4, -0.2) is 28.5 Å². The Morgan fingerprint density at radius 1 is 1.30 bits per heavy atom. The van der Waals surface area contributed by atoms with E-state index in [1.165, 1.54) is 12.1 Å². The van der Waals surface area contributed by atoms with Crippen LogP contribution in [0.15, 0.2) is 30.3 Å². The zero-order valence-electron chi connectivity index (χ0n) is 12.3. The highest BCUT2D eigenvalue weighted by Crippen LogP contribution is 2.27. The zero-order chi connectivity index (χ0) is 17.0. The zero-order valence-corrected chi connectivity index (χ0v) is 13.0. The van der Waals surface area contributed by atoms with Crippen LogP contribution in [0.3, 0.4) is 0 Å². The topological polar surface area (TPSA) is 79.3 Å². The van der Waals surface area contributed by atoms with E-state index in [0.717, 1.165) is 6.07 Å². The fourth-order valence-electron chi connectivity index (χ4n) is 1.98. The van der Waals surface area contributed by atoms with Crippen molar-refractivity contribution >= 4 is 23.5 Å². The second kappa shape index (κ2) is 7.19. The lowest BCUT2D eigenvalue weighted by Crippen LogP contribution is -2.26. The summed E-state index contributed by atoms with van der Waals surface area (Å²) in [4.78, 5) is 26.7. The number of hydrogen-bond donors (Lipinski definition) is 2. The summed E-state index contributed by atoms with van der Waals surface area (Å²) in [6.45, 7) is 1.74. The first kappa shape index (κ1) is 16.9. The van der Waals surface area contributed by atoms with Crippen LogP contribution < -0.4 is 5.32 Å². The summed E-state index contributed by atoms with van der Waals surface area (Å²) in [7, 11) is 0. The van der Waals surface area contributed by atoms with E-state index in [4.69, 9.17) is 16.7 Å². The van der Waals surface area contributed by atoms with Crippen molar-refractivity contribution in [3.63, 3.8) is 0 Å². The van der Waals surface area contributed by atoms with Crippen molar-refractivity contribution in [2.24, 2.45) is 0 Å². The molecule has 0 saturated heterocycles. The van der Waals surface area contributed by atoms with Crippen molar-refractivity contribution in [2.45, 2.75) is 13.3 Å². The minimum Gasteiger partial charge on any atom is -0.481 e. The Hall–Kier alpha value is -2.47. The lowest BCUT2D eigenvalue weighted by atomic mass is 10.1. The maximum Gasteiger partial charge on any atom is 0.305 e. The first-order chi connectivity index (χ1) is 10.9. The highest BCUT2D eigenvalue weighted by molar-refractivity contribution is 6.33. The Morgan fingerprint density at radius 2 is 2.04 bits per heavy atom. The number of aliphatic carboxylic acids is 1. The number of carbonyl (C=O) groups excluding carboxylic acids is 1. The van der Waals surface area contributed by atoms with Crippen molar-refractivity contribution in [1.29, 1.82) is 0 Å². The molecule has 23 heavy (non-hydrogen) atoms. The molecule has 1 amide bonds. The number of pyridine rings is 1. The Balaban J connectivity index is 2.30. The summed E-state index contributed by atoms with van der Waals surface area (Å²) in [5, 5.41) is 11.3. The van der Waals surface area contributed by atoms with Gasteiger partial charge in [-0.05, 0) is 37.3 Å². The quantitative estimate of drug-likeness (QED) is 0.879. The Bertz CT molecular complexity index is 765. The monoisotopic (exact) mass is 336 g/mol. The smallest absolute Gasteiger partial charge is 0.305 e. The molecule has 120 valence electrons. The summed E-state index contributed by atoms with van der Waals surface area (Å²) >= 11 is 6.08. The van der Waals surface area contributed by atoms with Gasteiger partial charge in [0.2, 0.25) is 0 Å². The third-order valence-corrected chi connectivity index (χ3v) is 3.35. The van der Waals surface area contributed by atoms with Crippen molar-refractivity contribution in [3.8, 4) is 11.3 Å². The number of nitrogens with zero attached hydrogens (tertiary/aromatic N) is 1. The number of carboxylic acids is 1. The number of hydrogen-bond acceptors (Lipinski definition) is 3. The molecule has 0 aliphatic carbocycles. The fraction of sp³-hybridized carbons (Fsp3) is 0.188. The Kier molecular flexibility index (Phi) is 5.28. The first-order valence-corrected chi connectivity index (χ1v) is 7.18. The van der Waals surface area contributed by atoms with Gasteiger partial charge in [-0.1, -0.05) is 11.6 Å². The predicted octanol–water partition coefficient (Wildman–Crippen LogP) is 3.05. The molecule has 2 rings (SSSR count). The van der Waals surface area contributed by atoms with Crippen LogP contribution >= 0.6 is 11.6 Å². The number of benzene rings is 1. The number of aryl methyl sites for hydroxylation is 1. The van der Waals surface area contributed by atoms with Crippen LogP contribution in [0.5, 0.6) is 0 Å². The van der Waals surface area contributed by atoms with Crippen LogP contribution in [-0.2, 0) is 4.79 Å². The molecule has 2 N–H and O–H groups in total.